The average molecular weight is 402 g/mol. The SMILES string of the molecule is N/N=C1/CCC(c2c[nH]c3ccccc23)C2(C(=O)O)CN(Cc3ccccc3)CC12. The standard InChI is InChI=1S/C24H26N4O2/c25-27-22-11-10-19(18-12-26-21-9-5-4-8-17(18)21)24(23(29)30)15-28(14-20(22)24)13-16-6-2-1-3-7-16/h1-9,12,19-20,26H,10-11,13-15,25H2,(H,29,30)/b27-22-. The first-order chi connectivity index (χ1) is 14.6. The molecule has 2 heterocycles. The molecule has 3 unspecified atom stereocenters. The third kappa shape index (κ3) is 2.82. The van der Waals surface area contributed by atoms with Crippen LogP contribution in [0, 0.1) is 11.3 Å². The molecule has 2 fully saturated rings. The van der Waals surface area contributed by atoms with Gasteiger partial charge in [0, 0.05) is 54.3 Å². The normalized spacial score (nSPS) is 28.1. The van der Waals surface area contributed by atoms with Gasteiger partial charge in [0.15, 0.2) is 0 Å². The van der Waals surface area contributed by atoms with Crippen LogP contribution >= 0.6 is 0 Å². The van der Waals surface area contributed by atoms with E-state index in [1.807, 2.05) is 42.6 Å². The predicted octanol–water partition coefficient (Wildman–Crippen LogP) is 3.56. The number of hydrogen-bond donors (Lipinski definition) is 3. The van der Waals surface area contributed by atoms with Gasteiger partial charge in [-0.05, 0) is 30.0 Å². The number of rotatable bonds is 4. The zero-order valence-electron chi connectivity index (χ0n) is 16.8. The lowest BCUT2D eigenvalue weighted by molar-refractivity contribution is -0.151. The molecule has 0 amide bonds. The summed E-state index contributed by atoms with van der Waals surface area (Å²) in [5.74, 6) is 4.71. The second-order valence-electron chi connectivity index (χ2n) is 8.55. The highest BCUT2D eigenvalue weighted by molar-refractivity contribution is 5.96. The number of fused-ring (bicyclic) bond motifs is 2. The van der Waals surface area contributed by atoms with Gasteiger partial charge in [0.05, 0.1) is 5.41 Å². The maximum Gasteiger partial charge on any atom is 0.312 e. The first-order valence-electron chi connectivity index (χ1n) is 10.5. The summed E-state index contributed by atoms with van der Waals surface area (Å²) < 4.78 is 0. The molecule has 2 aliphatic rings. The minimum atomic E-state index is -0.934. The maximum absolute atomic E-state index is 12.9. The van der Waals surface area contributed by atoms with Gasteiger partial charge in [-0.25, -0.2) is 0 Å². The van der Waals surface area contributed by atoms with Crippen LogP contribution in [0.1, 0.15) is 29.9 Å². The molecule has 1 saturated heterocycles. The Morgan fingerprint density at radius 2 is 1.93 bits per heavy atom. The van der Waals surface area contributed by atoms with Crippen molar-refractivity contribution >= 4 is 22.6 Å². The number of carboxylic acids is 1. The molecule has 6 heteroatoms. The number of hydrazone groups is 1. The summed E-state index contributed by atoms with van der Waals surface area (Å²) in [7, 11) is 0. The summed E-state index contributed by atoms with van der Waals surface area (Å²) in [5, 5.41) is 15.8. The Morgan fingerprint density at radius 1 is 1.17 bits per heavy atom. The van der Waals surface area contributed by atoms with Gasteiger partial charge in [-0.3, -0.25) is 9.69 Å². The fourth-order valence-corrected chi connectivity index (χ4v) is 5.74. The molecule has 1 aliphatic heterocycles. The van der Waals surface area contributed by atoms with E-state index >= 15 is 0 Å². The van der Waals surface area contributed by atoms with E-state index in [0.717, 1.165) is 41.6 Å². The molecular formula is C24H26N4O2. The number of aromatic nitrogens is 1. The zero-order valence-corrected chi connectivity index (χ0v) is 16.8. The van der Waals surface area contributed by atoms with E-state index in [4.69, 9.17) is 5.84 Å². The van der Waals surface area contributed by atoms with Crippen LogP contribution in [0.4, 0.5) is 0 Å². The molecule has 30 heavy (non-hydrogen) atoms. The van der Waals surface area contributed by atoms with Crippen molar-refractivity contribution in [3.05, 3.63) is 71.9 Å². The molecule has 1 saturated carbocycles. The molecule has 1 aliphatic carbocycles. The van der Waals surface area contributed by atoms with Crippen molar-refractivity contribution < 1.29 is 9.90 Å². The minimum Gasteiger partial charge on any atom is -0.481 e. The molecular weight excluding hydrogens is 376 g/mol. The molecule has 6 nitrogen and oxygen atoms in total. The Kier molecular flexibility index (Phi) is 4.59. The molecule has 2 aromatic carbocycles. The Labute approximate surface area is 175 Å². The Balaban J connectivity index is 1.58. The van der Waals surface area contributed by atoms with Gasteiger partial charge in [-0.1, -0.05) is 48.5 Å². The molecule has 4 N–H and O–H groups in total. The van der Waals surface area contributed by atoms with E-state index in [2.05, 4.69) is 33.2 Å². The van der Waals surface area contributed by atoms with Crippen LogP contribution in [-0.2, 0) is 11.3 Å². The first kappa shape index (κ1) is 18.9. The number of H-pyrrole nitrogens is 1. The van der Waals surface area contributed by atoms with Gasteiger partial charge in [-0.15, -0.1) is 0 Å². The van der Waals surface area contributed by atoms with Crippen molar-refractivity contribution in [1.29, 1.82) is 0 Å². The molecule has 154 valence electrons. The van der Waals surface area contributed by atoms with E-state index in [0.29, 0.717) is 13.1 Å². The highest BCUT2D eigenvalue weighted by Crippen LogP contribution is 2.55. The number of hydrogen-bond acceptors (Lipinski definition) is 4. The first-order valence-corrected chi connectivity index (χ1v) is 10.5. The number of benzene rings is 2. The van der Waals surface area contributed by atoms with E-state index in [1.165, 1.54) is 5.56 Å². The highest BCUT2D eigenvalue weighted by Gasteiger charge is 2.61. The van der Waals surface area contributed by atoms with Gasteiger partial charge in [-0.2, -0.15) is 5.10 Å². The molecule has 3 aromatic rings. The number of para-hydroxylation sites is 1. The summed E-state index contributed by atoms with van der Waals surface area (Å²) in [6.45, 7) is 1.88. The number of carboxylic acid groups (broad SMARTS) is 1. The van der Waals surface area contributed by atoms with Crippen LogP contribution in [0.3, 0.4) is 0 Å². The summed E-state index contributed by atoms with van der Waals surface area (Å²) >= 11 is 0. The summed E-state index contributed by atoms with van der Waals surface area (Å²) in [6.07, 6.45) is 3.47. The van der Waals surface area contributed by atoms with E-state index in [1.54, 1.807) is 0 Å². The van der Waals surface area contributed by atoms with Crippen molar-refractivity contribution in [3.63, 3.8) is 0 Å². The van der Waals surface area contributed by atoms with Crippen LogP contribution < -0.4 is 5.84 Å². The number of nitrogens with two attached hydrogens (primary N) is 1. The fourth-order valence-electron chi connectivity index (χ4n) is 5.74. The number of nitrogens with one attached hydrogen (secondary N) is 1. The molecule has 1 aromatic heterocycles. The molecule has 5 rings (SSSR count). The molecule has 0 spiro atoms. The van der Waals surface area contributed by atoms with Crippen LogP contribution in [-0.4, -0.2) is 39.8 Å². The van der Waals surface area contributed by atoms with Gasteiger partial charge >= 0.3 is 5.97 Å². The van der Waals surface area contributed by atoms with Gasteiger partial charge in [0.2, 0.25) is 0 Å². The van der Waals surface area contributed by atoms with E-state index in [-0.39, 0.29) is 11.8 Å². The lowest BCUT2D eigenvalue weighted by Crippen LogP contribution is -2.50. The summed E-state index contributed by atoms with van der Waals surface area (Å²) in [5.41, 5.74) is 3.23. The van der Waals surface area contributed by atoms with Crippen molar-refractivity contribution in [2.24, 2.45) is 22.3 Å². The fraction of sp³-hybridized carbons (Fsp3) is 0.333. The molecule has 0 bridgehead atoms. The van der Waals surface area contributed by atoms with Crippen LogP contribution in [0.2, 0.25) is 0 Å². The second kappa shape index (κ2) is 7.29. The third-order valence-corrected chi connectivity index (χ3v) is 7.07. The van der Waals surface area contributed by atoms with Crippen LogP contribution in [0.15, 0.2) is 65.9 Å². The average Bonchev–Trinajstić information content (AvgIpc) is 3.36. The van der Waals surface area contributed by atoms with Crippen molar-refractivity contribution in [1.82, 2.24) is 9.88 Å². The van der Waals surface area contributed by atoms with E-state index < -0.39 is 11.4 Å². The van der Waals surface area contributed by atoms with Crippen molar-refractivity contribution in [3.8, 4) is 0 Å². The highest BCUT2D eigenvalue weighted by atomic mass is 16.4. The zero-order chi connectivity index (χ0) is 20.7. The van der Waals surface area contributed by atoms with Crippen molar-refractivity contribution in [2.45, 2.75) is 25.3 Å². The Hall–Kier alpha value is -3.12. The Bertz CT molecular complexity index is 1110. The third-order valence-electron chi connectivity index (χ3n) is 7.07. The minimum absolute atomic E-state index is 0.0950. The number of likely N-dealkylation sites (tertiary alicyclic amines) is 1. The number of aliphatic carboxylic acids is 1. The number of aromatic amines is 1. The predicted molar refractivity (Wildman–Crippen MR) is 117 cm³/mol. The van der Waals surface area contributed by atoms with Crippen LogP contribution in [0.25, 0.3) is 10.9 Å². The lowest BCUT2D eigenvalue weighted by Gasteiger charge is -2.42. The molecule has 3 atom stereocenters. The van der Waals surface area contributed by atoms with E-state index in [9.17, 15) is 9.90 Å². The van der Waals surface area contributed by atoms with Crippen molar-refractivity contribution in [2.75, 3.05) is 13.1 Å². The monoisotopic (exact) mass is 402 g/mol. The summed E-state index contributed by atoms with van der Waals surface area (Å²) in [6, 6.07) is 18.3. The second-order valence-corrected chi connectivity index (χ2v) is 8.55. The van der Waals surface area contributed by atoms with Crippen LogP contribution in [0.5, 0.6) is 0 Å². The topological polar surface area (TPSA) is 94.7 Å². The quantitative estimate of drug-likeness (QED) is 0.459. The number of carbonyl (C=O) groups is 1. The lowest BCUT2D eigenvalue weighted by atomic mass is 9.59. The van der Waals surface area contributed by atoms with Gasteiger partial charge in [0.1, 0.15) is 0 Å². The van der Waals surface area contributed by atoms with Gasteiger partial charge < -0.3 is 15.9 Å². The summed E-state index contributed by atoms with van der Waals surface area (Å²) in [4.78, 5) is 18.5. The molecule has 0 radical (unpaired) electrons. The Morgan fingerprint density at radius 3 is 2.70 bits per heavy atom. The largest absolute Gasteiger partial charge is 0.481 e. The maximum atomic E-state index is 12.9. The smallest absolute Gasteiger partial charge is 0.312 e. The number of nitrogens with zero attached hydrogens (tertiary/aromatic N) is 2. The van der Waals surface area contributed by atoms with Gasteiger partial charge in [0.25, 0.3) is 0 Å².